The number of hydrogen-bond acceptors (Lipinski definition) is 6. The highest BCUT2D eigenvalue weighted by Gasteiger charge is 2.15. The fourth-order valence-electron chi connectivity index (χ4n) is 1.57. The molecule has 1 rings (SSSR count). The Labute approximate surface area is 130 Å². The maximum absolute atomic E-state index is 11.4. The number of carbonyl (C=O) groups is 1. The second-order valence-corrected chi connectivity index (χ2v) is 4.17. The van der Waals surface area contributed by atoms with E-state index in [2.05, 4.69) is 4.99 Å². The molecule has 0 heterocycles. The number of rotatable bonds is 9. The third-order valence-electron chi connectivity index (χ3n) is 2.56. The molecule has 0 radical (unpaired) electrons. The topological polar surface area (TPSA) is 80.9 Å². The Hall–Kier alpha value is -2.55. The zero-order valence-electron chi connectivity index (χ0n) is 12.8. The number of nitriles is 1. The van der Waals surface area contributed by atoms with Crippen LogP contribution in [0.4, 0.5) is 0 Å². The SMILES string of the molecule is CCOC(=O)C(C#N)C=NCCOc1ccc(OCC)cc1. The predicted octanol–water partition coefficient (Wildman–Crippen LogP) is 2.24. The van der Waals surface area contributed by atoms with Gasteiger partial charge >= 0.3 is 5.97 Å². The molecule has 1 aromatic rings. The van der Waals surface area contributed by atoms with Crippen molar-refractivity contribution in [3.8, 4) is 17.6 Å². The van der Waals surface area contributed by atoms with Crippen LogP contribution in [0.2, 0.25) is 0 Å². The first-order valence-corrected chi connectivity index (χ1v) is 7.13. The van der Waals surface area contributed by atoms with Gasteiger partial charge in [-0.3, -0.25) is 9.79 Å². The molecule has 0 aliphatic rings. The van der Waals surface area contributed by atoms with Crippen LogP contribution >= 0.6 is 0 Å². The van der Waals surface area contributed by atoms with Crippen LogP contribution < -0.4 is 9.47 Å². The van der Waals surface area contributed by atoms with Crippen molar-refractivity contribution in [2.24, 2.45) is 10.9 Å². The largest absolute Gasteiger partial charge is 0.494 e. The summed E-state index contributed by atoms with van der Waals surface area (Å²) < 4.78 is 15.6. The van der Waals surface area contributed by atoms with Crippen LogP contribution in [0, 0.1) is 17.2 Å². The summed E-state index contributed by atoms with van der Waals surface area (Å²) in [5, 5.41) is 8.84. The Morgan fingerprint density at radius 3 is 2.41 bits per heavy atom. The second-order valence-electron chi connectivity index (χ2n) is 4.17. The average molecular weight is 304 g/mol. The summed E-state index contributed by atoms with van der Waals surface area (Å²) in [6.07, 6.45) is 1.29. The van der Waals surface area contributed by atoms with E-state index in [1.54, 1.807) is 6.92 Å². The van der Waals surface area contributed by atoms with Crippen molar-refractivity contribution in [2.45, 2.75) is 13.8 Å². The normalized spacial score (nSPS) is 11.7. The summed E-state index contributed by atoms with van der Waals surface area (Å²) in [4.78, 5) is 15.4. The molecule has 1 aromatic carbocycles. The highest BCUT2D eigenvalue weighted by Crippen LogP contribution is 2.17. The zero-order chi connectivity index (χ0) is 16.2. The van der Waals surface area contributed by atoms with E-state index in [1.807, 2.05) is 37.3 Å². The van der Waals surface area contributed by atoms with Gasteiger partial charge in [0.25, 0.3) is 0 Å². The number of nitrogens with zero attached hydrogens (tertiary/aromatic N) is 2. The van der Waals surface area contributed by atoms with Gasteiger partial charge in [0.15, 0.2) is 5.92 Å². The molecule has 6 heteroatoms. The number of benzene rings is 1. The monoisotopic (exact) mass is 304 g/mol. The first-order valence-electron chi connectivity index (χ1n) is 7.13. The van der Waals surface area contributed by atoms with Crippen molar-refractivity contribution in [1.29, 1.82) is 5.26 Å². The highest BCUT2D eigenvalue weighted by atomic mass is 16.5. The molecular formula is C16H20N2O4. The molecule has 1 atom stereocenters. The molecule has 0 amide bonds. The number of aliphatic imine (C=N–C) groups is 1. The van der Waals surface area contributed by atoms with E-state index in [1.165, 1.54) is 6.21 Å². The molecule has 22 heavy (non-hydrogen) atoms. The van der Waals surface area contributed by atoms with Gasteiger partial charge in [-0.05, 0) is 38.1 Å². The van der Waals surface area contributed by atoms with E-state index in [9.17, 15) is 4.79 Å². The van der Waals surface area contributed by atoms with Crippen LogP contribution in [0.5, 0.6) is 11.5 Å². The van der Waals surface area contributed by atoms with Crippen molar-refractivity contribution in [2.75, 3.05) is 26.4 Å². The fourth-order valence-corrected chi connectivity index (χ4v) is 1.57. The predicted molar refractivity (Wildman–Crippen MR) is 82.2 cm³/mol. The maximum Gasteiger partial charge on any atom is 0.328 e. The third kappa shape index (κ3) is 6.27. The van der Waals surface area contributed by atoms with Crippen molar-refractivity contribution >= 4 is 12.2 Å². The van der Waals surface area contributed by atoms with E-state index in [0.29, 0.717) is 25.5 Å². The molecule has 0 aliphatic heterocycles. The van der Waals surface area contributed by atoms with Crippen LogP contribution in [-0.4, -0.2) is 38.5 Å². The molecule has 0 bridgehead atoms. The first kappa shape index (κ1) is 17.5. The lowest BCUT2D eigenvalue weighted by Gasteiger charge is -2.06. The summed E-state index contributed by atoms with van der Waals surface area (Å²) in [6.45, 7) is 5.18. The minimum atomic E-state index is -0.967. The molecular weight excluding hydrogens is 284 g/mol. The number of hydrogen-bond donors (Lipinski definition) is 0. The summed E-state index contributed by atoms with van der Waals surface area (Å²) >= 11 is 0. The Morgan fingerprint density at radius 2 is 1.86 bits per heavy atom. The summed E-state index contributed by atoms with van der Waals surface area (Å²) in [5.41, 5.74) is 0. The lowest BCUT2D eigenvalue weighted by Crippen LogP contribution is -2.17. The van der Waals surface area contributed by atoms with Crippen molar-refractivity contribution in [3.05, 3.63) is 24.3 Å². The summed E-state index contributed by atoms with van der Waals surface area (Å²) in [7, 11) is 0. The van der Waals surface area contributed by atoms with Crippen molar-refractivity contribution < 1.29 is 19.0 Å². The lowest BCUT2D eigenvalue weighted by atomic mass is 10.2. The van der Waals surface area contributed by atoms with Gasteiger partial charge in [0.05, 0.1) is 25.8 Å². The highest BCUT2D eigenvalue weighted by molar-refractivity contribution is 5.92. The molecule has 0 aromatic heterocycles. The van der Waals surface area contributed by atoms with Crippen LogP contribution in [-0.2, 0) is 9.53 Å². The maximum atomic E-state index is 11.4. The van der Waals surface area contributed by atoms with E-state index in [-0.39, 0.29) is 6.61 Å². The van der Waals surface area contributed by atoms with E-state index in [0.717, 1.165) is 5.75 Å². The molecule has 0 spiro atoms. The number of esters is 1. The second kappa shape index (κ2) is 10.2. The Morgan fingerprint density at radius 1 is 1.23 bits per heavy atom. The molecule has 118 valence electrons. The minimum absolute atomic E-state index is 0.242. The van der Waals surface area contributed by atoms with Crippen molar-refractivity contribution in [3.63, 3.8) is 0 Å². The number of carbonyl (C=O) groups excluding carboxylic acids is 1. The number of ether oxygens (including phenoxy) is 3. The molecule has 0 aliphatic carbocycles. The van der Waals surface area contributed by atoms with E-state index in [4.69, 9.17) is 19.5 Å². The molecule has 0 N–H and O–H groups in total. The van der Waals surface area contributed by atoms with Gasteiger partial charge in [-0.2, -0.15) is 5.26 Å². The third-order valence-corrected chi connectivity index (χ3v) is 2.56. The van der Waals surface area contributed by atoms with Gasteiger partial charge in [0, 0.05) is 6.21 Å². The first-order chi connectivity index (χ1) is 10.7. The molecule has 1 unspecified atom stereocenters. The summed E-state index contributed by atoms with van der Waals surface area (Å²) in [6, 6.07) is 9.11. The molecule has 0 fully saturated rings. The van der Waals surface area contributed by atoms with Gasteiger partial charge in [-0.1, -0.05) is 0 Å². The quantitative estimate of drug-likeness (QED) is 0.397. The smallest absolute Gasteiger partial charge is 0.328 e. The van der Waals surface area contributed by atoms with Gasteiger partial charge < -0.3 is 14.2 Å². The zero-order valence-corrected chi connectivity index (χ0v) is 12.8. The van der Waals surface area contributed by atoms with Crippen molar-refractivity contribution in [1.82, 2.24) is 0 Å². The van der Waals surface area contributed by atoms with Crippen LogP contribution in [0.15, 0.2) is 29.3 Å². The Kier molecular flexibility index (Phi) is 8.13. The molecule has 0 saturated heterocycles. The average Bonchev–Trinajstić information content (AvgIpc) is 2.53. The molecule has 0 saturated carbocycles. The van der Waals surface area contributed by atoms with E-state index >= 15 is 0 Å². The molecule has 6 nitrogen and oxygen atoms in total. The lowest BCUT2D eigenvalue weighted by molar-refractivity contribution is -0.143. The van der Waals surface area contributed by atoms with Crippen LogP contribution in [0.3, 0.4) is 0 Å². The van der Waals surface area contributed by atoms with Gasteiger partial charge in [0.2, 0.25) is 0 Å². The van der Waals surface area contributed by atoms with Crippen LogP contribution in [0.1, 0.15) is 13.8 Å². The Balaban J connectivity index is 2.33. The fraction of sp³-hybridized carbons (Fsp3) is 0.438. The van der Waals surface area contributed by atoms with Gasteiger partial charge in [-0.15, -0.1) is 0 Å². The summed E-state index contributed by atoms with van der Waals surface area (Å²) in [5.74, 6) is -0.0494. The van der Waals surface area contributed by atoms with Gasteiger partial charge in [0.1, 0.15) is 18.1 Å². The van der Waals surface area contributed by atoms with Crippen LogP contribution in [0.25, 0.3) is 0 Å². The minimum Gasteiger partial charge on any atom is -0.494 e. The van der Waals surface area contributed by atoms with E-state index < -0.39 is 11.9 Å². The van der Waals surface area contributed by atoms with Gasteiger partial charge in [-0.25, -0.2) is 0 Å². The standard InChI is InChI=1S/C16H20N2O4/c1-3-20-14-5-7-15(8-6-14)22-10-9-18-12-13(11-17)16(19)21-4-2/h5-8,12-13H,3-4,9-10H2,1-2H3. The Bertz CT molecular complexity index is 520.